The molecule has 0 rings (SSSR count). The molecule has 0 aromatic heterocycles. The molecule has 4 N–H and O–H groups in total. The minimum atomic E-state index is -0.250. The first-order valence-electron chi connectivity index (χ1n) is 0.494. The number of carbonyl (C=O) groups is 1. The monoisotopic (exact) mass is 273 g/mol. The number of carboxylic acid groups (broad SMARTS) is 1. The SMILES string of the molecule is N.O=CO.[PbH2]. The summed E-state index contributed by atoms with van der Waals surface area (Å²) in [5, 5.41) is 6.89. The van der Waals surface area contributed by atoms with E-state index in [1.807, 2.05) is 0 Å². The third kappa shape index (κ3) is 194. The fraction of sp³-hybridized carbons (Fsp3) is 0. The van der Waals surface area contributed by atoms with Crippen molar-refractivity contribution in [2.24, 2.45) is 0 Å². The van der Waals surface area contributed by atoms with E-state index in [0.29, 0.717) is 0 Å². The Bertz CT molecular complexity index is 17.1. The van der Waals surface area contributed by atoms with Crippen LogP contribution in [0, 0.1) is 0 Å². The van der Waals surface area contributed by atoms with E-state index >= 15 is 0 Å². The van der Waals surface area contributed by atoms with E-state index in [-0.39, 0.29) is 39.9 Å². The zero-order valence-electron chi connectivity index (χ0n) is 2.85. The van der Waals surface area contributed by atoms with E-state index in [9.17, 15) is 0 Å². The summed E-state index contributed by atoms with van der Waals surface area (Å²) in [5.41, 5.74) is 0. The third-order valence-corrected chi connectivity index (χ3v) is 0. The molecule has 2 radical (unpaired) electrons. The molecule has 0 aliphatic heterocycles. The molecule has 0 bridgehead atoms. The van der Waals surface area contributed by atoms with Crippen LogP contribution in [0.2, 0.25) is 0 Å². The van der Waals surface area contributed by atoms with Crippen LogP contribution in [0.5, 0.6) is 0 Å². The first-order valence-corrected chi connectivity index (χ1v) is 0.494. The van der Waals surface area contributed by atoms with Crippen LogP contribution in [-0.2, 0) is 4.79 Å². The Morgan fingerprint density at radius 1 is 1.60 bits per heavy atom. The van der Waals surface area contributed by atoms with Gasteiger partial charge in [-0.25, -0.2) is 0 Å². The third-order valence-electron chi connectivity index (χ3n) is 0. The van der Waals surface area contributed by atoms with Gasteiger partial charge in [0.05, 0.1) is 0 Å². The Balaban J connectivity index is -0.0000000200. The van der Waals surface area contributed by atoms with Crippen LogP contribution in [-0.4, -0.2) is 38.9 Å². The summed E-state index contributed by atoms with van der Waals surface area (Å²) in [5.74, 6) is 0. The fourth-order valence-electron chi connectivity index (χ4n) is 0. The second kappa shape index (κ2) is 26.7. The van der Waals surface area contributed by atoms with Crippen LogP contribution in [0.4, 0.5) is 0 Å². The molecule has 0 unspecified atom stereocenters. The molecule has 0 aliphatic carbocycles. The van der Waals surface area contributed by atoms with E-state index < -0.39 is 0 Å². The molecule has 0 saturated heterocycles. The maximum atomic E-state index is 8.36. The molecule has 3 nitrogen and oxygen atoms in total. The molecule has 32 valence electrons. The zero-order valence-corrected chi connectivity index (χ0v) is 8.34. The van der Waals surface area contributed by atoms with Crippen LogP contribution < -0.4 is 6.15 Å². The van der Waals surface area contributed by atoms with Gasteiger partial charge in [0.2, 0.25) is 0 Å². The van der Waals surface area contributed by atoms with Crippen LogP contribution >= 0.6 is 0 Å². The van der Waals surface area contributed by atoms with Crippen LogP contribution in [0.1, 0.15) is 0 Å². The quantitative estimate of drug-likeness (QED) is 0.436. The molecule has 0 spiro atoms. The van der Waals surface area contributed by atoms with Crippen molar-refractivity contribution in [2.45, 2.75) is 0 Å². The Kier molecular flexibility index (Phi) is 98.0. The normalized spacial score (nSPS) is 2.40. The van der Waals surface area contributed by atoms with Crippen LogP contribution in [0.25, 0.3) is 0 Å². The number of hydrogen-bond acceptors (Lipinski definition) is 2. The molecular weight excluding hydrogens is 265 g/mol. The van der Waals surface area contributed by atoms with Gasteiger partial charge < -0.3 is 11.3 Å². The molecule has 0 amide bonds. The van der Waals surface area contributed by atoms with E-state index in [0.717, 1.165) is 0 Å². The van der Waals surface area contributed by atoms with E-state index in [4.69, 9.17) is 9.90 Å². The summed E-state index contributed by atoms with van der Waals surface area (Å²) in [6, 6.07) is 0. The molecule has 5 heavy (non-hydrogen) atoms. The van der Waals surface area contributed by atoms with Gasteiger partial charge in [-0.2, -0.15) is 0 Å². The van der Waals surface area contributed by atoms with Gasteiger partial charge in [0.25, 0.3) is 6.47 Å². The van der Waals surface area contributed by atoms with Crippen molar-refractivity contribution in [2.75, 3.05) is 0 Å². The van der Waals surface area contributed by atoms with Gasteiger partial charge in [0, 0.05) is 0 Å². The summed E-state index contributed by atoms with van der Waals surface area (Å²) < 4.78 is 0. The fourth-order valence-corrected chi connectivity index (χ4v) is 0. The topological polar surface area (TPSA) is 72.3 Å². The van der Waals surface area contributed by atoms with Gasteiger partial charge in [0.15, 0.2) is 0 Å². The van der Waals surface area contributed by atoms with Crippen molar-refractivity contribution < 1.29 is 9.90 Å². The van der Waals surface area contributed by atoms with Crippen molar-refractivity contribution in [3.8, 4) is 0 Å². The number of hydrogen-bond donors (Lipinski definition) is 2. The molecule has 0 aromatic carbocycles. The first-order chi connectivity index (χ1) is 1.41. The van der Waals surface area contributed by atoms with Crippen LogP contribution in [0.15, 0.2) is 0 Å². The molecule has 4 heteroatoms. The van der Waals surface area contributed by atoms with Gasteiger partial charge >= 0.3 is 27.3 Å². The van der Waals surface area contributed by atoms with Crippen molar-refractivity contribution in [1.82, 2.24) is 6.15 Å². The average molecular weight is 272 g/mol. The molecule has 0 aromatic rings. The summed E-state index contributed by atoms with van der Waals surface area (Å²) in [6.45, 7) is -0.250. The second-order valence-electron chi connectivity index (χ2n) is 0.105. The van der Waals surface area contributed by atoms with E-state index in [1.54, 1.807) is 0 Å². The van der Waals surface area contributed by atoms with E-state index in [2.05, 4.69) is 0 Å². The average Bonchev–Trinajstić information content (AvgIpc) is 0.918. The van der Waals surface area contributed by atoms with Crippen molar-refractivity contribution >= 4 is 33.8 Å². The predicted molar refractivity (Wildman–Crippen MR) is 22.3 cm³/mol. The predicted octanol–water partition coefficient (Wildman–Crippen LogP) is -1.05. The Morgan fingerprint density at radius 3 is 1.60 bits per heavy atom. The summed E-state index contributed by atoms with van der Waals surface area (Å²) >= 11 is 0. The van der Waals surface area contributed by atoms with Crippen molar-refractivity contribution in [3.63, 3.8) is 0 Å². The van der Waals surface area contributed by atoms with Crippen LogP contribution in [0.3, 0.4) is 0 Å². The van der Waals surface area contributed by atoms with Gasteiger partial charge in [-0.1, -0.05) is 0 Å². The van der Waals surface area contributed by atoms with Gasteiger partial charge in [-0.3, -0.25) is 4.79 Å². The zero-order chi connectivity index (χ0) is 2.71. The number of rotatable bonds is 0. The van der Waals surface area contributed by atoms with E-state index in [1.165, 1.54) is 0 Å². The summed E-state index contributed by atoms with van der Waals surface area (Å²) in [4.78, 5) is 8.36. The maximum absolute atomic E-state index is 8.36. The Hall–Kier alpha value is 0.352. The Labute approximate surface area is 50.1 Å². The van der Waals surface area contributed by atoms with Gasteiger partial charge in [-0.15, -0.1) is 0 Å². The second-order valence-corrected chi connectivity index (χ2v) is 0.105. The summed E-state index contributed by atoms with van der Waals surface area (Å²) in [7, 11) is 0. The molecule has 0 heterocycles. The molecular formula is CH7NO2Pb. The van der Waals surface area contributed by atoms with Crippen molar-refractivity contribution in [3.05, 3.63) is 0 Å². The first kappa shape index (κ1) is 18.3. The standard InChI is InChI=1S/CH2O2.H3N.Pb.2H/c2-1-3;;;;/h1H,(H,2,3);1H3;;;. The minimum absolute atomic E-state index is 0. The van der Waals surface area contributed by atoms with Gasteiger partial charge in [0.1, 0.15) is 0 Å². The van der Waals surface area contributed by atoms with Gasteiger partial charge in [-0.05, 0) is 0 Å². The Morgan fingerprint density at radius 2 is 1.60 bits per heavy atom. The molecule has 0 fully saturated rings. The summed E-state index contributed by atoms with van der Waals surface area (Å²) in [6.07, 6.45) is 0. The molecule has 0 atom stereocenters. The molecule has 0 aliphatic rings. The molecule has 0 saturated carbocycles. The van der Waals surface area contributed by atoms with Crippen molar-refractivity contribution in [1.29, 1.82) is 0 Å².